The topological polar surface area (TPSA) is 55.1 Å². The summed E-state index contributed by atoms with van der Waals surface area (Å²) in [5.74, 6) is -0.445. The van der Waals surface area contributed by atoms with E-state index in [2.05, 4.69) is 20.4 Å². The molecule has 4 heterocycles. The van der Waals surface area contributed by atoms with Crippen LogP contribution in [0.2, 0.25) is 0 Å². The van der Waals surface area contributed by atoms with Crippen LogP contribution in [0.3, 0.4) is 0 Å². The highest BCUT2D eigenvalue weighted by Gasteiger charge is 2.30. The Morgan fingerprint density at radius 1 is 1.50 bits per heavy atom. The van der Waals surface area contributed by atoms with Crippen LogP contribution in [0.15, 0.2) is 18.3 Å². The lowest BCUT2D eigenvalue weighted by molar-refractivity contribution is 0.494. The Bertz CT molecular complexity index is 793. The molecule has 0 spiro atoms. The molecule has 0 saturated heterocycles. The maximum absolute atomic E-state index is 14.0. The molecule has 0 aliphatic carbocycles. The van der Waals surface area contributed by atoms with Crippen molar-refractivity contribution in [2.75, 3.05) is 6.54 Å². The van der Waals surface area contributed by atoms with Crippen LogP contribution in [0.5, 0.6) is 0 Å². The summed E-state index contributed by atoms with van der Waals surface area (Å²) in [6, 6.07) is 3.26. The van der Waals surface area contributed by atoms with Crippen molar-refractivity contribution in [1.82, 2.24) is 24.9 Å². The van der Waals surface area contributed by atoms with Gasteiger partial charge in [0.15, 0.2) is 0 Å². The number of nitrogens with one attached hydrogen (secondary N) is 1. The van der Waals surface area contributed by atoms with Crippen LogP contribution in [0, 0.1) is 12.9 Å². The quantitative estimate of drug-likeness (QED) is 0.695. The first-order valence-electron chi connectivity index (χ1n) is 6.43. The molecule has 20 heavy (non-hydrogen) atoms. The first-order chi connectivity index (χ1) is 9.74. The van der Waals surface area contributed by atoms with Gasteiger partial charge in [-0.3, -0.25) is 0 Å². The van der Waals surface area contributed by atoms with Gasteiger partial charge in [-0.1, -0.05) is 17.4 Å². The summed E-state index contributed by atoms with van der Waals surface area (Å²) in [6.45, 7) is 2.72. The Labute approximate surface area is 118 Å². The Morgan fingerprint density at radius 3 is 3.25 bits per heavy atom. The van der Waals surface area contributed by atoms with E-state index in [0.29, 0.717) is 5.56 Å². The van der Waals surface area contributed by atoms with Crippen molar-refractivity contribution in [2.24, 2.45) is 0 Å². The molecule has 0 aromatic carbocycles. The van der Waals surface area contributed by atoms with Gasteiger partial charge in [0.25, 0.3) is 0 Å². The number of fused-ring (bicyclic) bond motifs is 3. The molecule has 1 atom stereocenters. The van der Waals surface area contributed by atoms with E-state index in [1.54, 1.807) is 23.5 Å². The Balaban J connectivity index is 1.95. The smallest absolute Gasteiger partial charge is 0.218 e. The second kappa shape index (κ2) is 4.32. The highest BCUT2D eigenvalue weighted by molar-refractivity contribution is 7.16. The minimum absolute atomic E-state index is 0.246. The van der Waals surface area contributed by atoms with Gasteiger partial charge in [0.05, 0.1) is 17.4 Å². The number of aromatic nitrogens is 4. The summed E-state index contributed by atoms with van der Waals surface area (Å²) >= 11 is 1.55. The summed E-state index contributed by atoms with van der Waals surface area (Å²) in [6.07, 6.45) is 2.30. The first-order valence-corrected chi connectivity index (χ1v) is 7.24. The van der Waals surface area contributed by atoms with Gasteiger partial charge in [0.1, 0.15) is 5.01 Å². The highest BCUT2D eigenvalue weighted by atomic mass is 32.1. The summed E-state index contributed by atoms with van der Waals surface area (Å²) in [4.78, 5) is 9.22. The average molecular weight is 289 g/mol. The molecular formula is C13H12FN5S. The van der Waals surface area contributed by atoms with E-state index in [1.807, 2.05) is 11.4 Å². The maximum atomic E-state index is 14.0. The summed E-state index contributed by atoms with van der Waals surface area (Å²) in [7, 11) is 0. The molecule has 7 heteroatoms. The van der Waals surface area contributed by atoms with Crippen molar-refractivity contribution in [3.63, 3.8) is 0 Å². The molecule has 1 N–H and O–H groups in total. The molecule has 102 valence electrons. The van der Waals surface area contributed by atoms with Crippen LogP contribution < -0.4 is 5.32 Å². The number of pyridine rings is 1. The lowest BCUT2D eigenvalue weighted by Crippen LogP contribution is -2.32. The van der Waals surface area contributed by atoms with Gasteiger partial charge in [-0.15, -0.1) is 0 Å². The molecule has 1 aliphatic heterocycles. The Morgan fingerprint density at radius 2 is 2.40 bits per heavy atom. The van der Waals surface area contributed by atoms with Gasteiger partial charge in [0.2, 0.25) is 10.9 Å². The van der Waals surface area contributed by atoms with E-state index in [9.17, 15) is 4.39 Å². The zero-order valence-electron chi connectivity index (χ0n) is 10.8. The van der Waals surface area contributed by atoms with Crippen LogP contribution >= 0.6 is 11.3 Å². The number of rotatable bonds is 1. The normalized spacial score (nSPS) is 18.4. The predicted molar refractivity (Wildman–Crippen MR) is 73.3 cm³/mol. The third-order valence-electron chi connectivity index (χ3n) is 3.50. The number of hydrogen-bond acceptors (Lipinski definition) is 5. The van der Waals surface area contributed by atoms with E-state index < -0.39 is 5.95 Å². The number of imidazole rings is 1. The molecule has 0 bridgehead atoms. The van der Waals surface area contributed by atoms with E-state index in [1.165, 1.54) is 6.20 Å². The molecule has 1 aliphatic rings. The third kappa shape index (κ3) is 1.66. The van der Waals surface area contributed by atoms with Crippen molar-refractivity contribution in [3.8, 4) is 0 Å². The molecular weight excluding hydrogens is 277 g/mol. The fraction of sp³-hybridized carbons (Fsp3) is 0.308. The van der Waals surface area contributed by atoms with Crippen molar-refractivity contribution in [3.05, 3.63) is 46.2 Å². The monoisotopic (exact) mass is 289 g/mol. The molecule has 0 saturated carbocycles. The Hall–Kier alpha value is -1.86. The van der Waals surface area contributed by atoms with E-state index in [-0.39, 0.29) is 6.04 Å². The molecule has 4 rings (SSSR count). The standard InChI is InChI=1S/C13H12FN5S/c1-7-18-19-11-9(17-13(19)20-7)4-6-15-10(11)8-3-2-5-16-12(8)14/h2-3,5,10,15H,4,6H2,1H3. The largest absolute Gasteiger partial charge is 0.304 e. The van der Waals surface area contributed by atoms with Crippen LogP contribution in [0.4, 0.5) is 4.39 Å². The Kier molecular flexibility index (Phi) is 2.58. The van der Waals surface area contributed by atoms with Crippen LogP contribution in [0.25, 0.3) is 4.96 Å². The number of nitrogens with zero attached hydrogens (tertiary/aromatic N) is 4. The maximum Gasteiger partial charge on any atom is 0.218 e. The summed E-state index contributed by atoms with van der Waals surface area (Å²) < 4.78 is 15.8. The van der Waals surface area contributed by atoms with Gasteiger partial charge < -0.3 is 5.32 Å². The zero-order valence-corrected chi connectivity index (χ0v) is 11.6. The third-order valence-corrected chi connectivity index (χ3v) is 4.32. The van der Waals surface area contributed by atoms with Crippen molar-refractivity contribution >= 4 is 16.3 Å². The van der Waals surface area contributed by atoms with Gasteiger partial charge in [-0.2, -0.15) is 9.49 Å². The summed E-state index contributed by atoms with van der Waals surface area (Å²) in [5, 5.41) is 8.78. The minimum Gasteiger partial charge on any atom is -0.304 e. The van der Waals surface area contributed by atoms with Gasteiger partial charge >= 0.3 is 0 Å². The molecule has 1 unspecified atom stereocenters. The molecule has 0 fully saturated rings. The zero-order chi connectivity index (χ0) is 13.7. The molecule has 0 amide bonds. The lowest BCUT2D eigenvalue weighted by Gasteiger charge is -2.23. The molecule has 3 aromatic heterocycles. The van der Waals surface area contributed by atoms with Crippen LogP contribution in [-0.2, 0) is 6.42 Å². The first kappa shape index (κ1) is 11.9. The van der Waals surface area contributed by atoms with E-state index in [0.717, 1.165) is 34.3 Å². The molecule has 3 aromatic rings. The number of halogens is 1. The van der Waals surface area contributed by atoms with Crippen molar-refractivity contribution in [1.29, 1.82) is 0 Å². The fourth-order valence-corrected chi connectivity index (χ4v) is 3.45. The molecule has 0 radical (unpaired) electrons. The molecule has 5 nitrogen and oxygen atoms in total. The van der Waals surface area contributed by atoms with E-state index >= 15 is 0 Å². The van der Waals surface area contributed by atoms with Crippen molar-refractivity contribution in [2.45, 2.75) is 19.4 Å². The predicted octanol–water partition coefficient (Wildman–Crippen LogP) is 1.87. The van der Waals surface area contributed by atoms with E-state index in [4.69, 9.17) is 0 Å². The van der Waals surface area contributed by atoms with Crippen molar-refractivity contribution < 1.29 is 4.39 Å². The van der Waals surface area contributed by atoms with Gasteiger partial charge in [-0.05, 0) is 13.0 Å². The number of hydrogen-bond donors (Lipinski definition) is 1. The fourth-order valence-electron chi connectivity index (χ4n) is 2.68. The SMILES string of the molecule is Cc1nn2c3c(nc2s1)CCNC3c1cccnc1F. The van der Waals surface area contributed by atoms with Gasteiger partial charge in [0, 0.05) is 24.7 Å². The van der Waals surface area contributed by atoms with Gasteiger partial charge in [-0.25, -0.2) is 14.5 Å². The lowest BCUT2D eigenvalue weighted by atomic mass is 9.99. The van der Waals surface area contributed by atoms with Crippen LogP contribution in [0.1, 0.15) is 28.0 Å². The average Bonchev–Trinajstić information content (AvgIpc) is 2.94. The minimum atomic E-state index is -0.445. The highest BCUT2D eigenvalue weighted by Crippen LogP contribution is 2.31. The summed E-state index contributed by atoms with van der Waals surface area (Å²) in [5.41, 5.74) is 2.47. The second-order valence-corrected chi connectivity index (χ2v) is 5.94. The number of aryl methyl sites for hydroxylation is 1. The second-order valence-electron chi connectivity index (χ2n) is 4.78. The van der Waals surface area contributed by atoms with Crippen LogP contribution in [-0.4, -0.2) is 26.1 Å².